The number of amides is 1. The quantitative estimate of drug-likeness (QED) is 0.345. The molecule has 30 heavy (non-hydrogen) atoms. The molecule has 0 fully saturated rings. The van der Waals surface area contributed by atoms with Crippen LogP contribution in [0.3, 0.4) is 0 Å². The largest absolute Gasteiger partial charge is 0.301 e. The van der Waals surface area contributed by atoms with Gasteiger partial charge in [-0.2, -0.15) is 0 Å². The second kappa shape index (κ2) is 8.42. The highest BCUT2D eigenvalue weighted by Crippen LogP contribution is 2.33. The number of imidazole rings is 1. The third-order valence-electron chi connectivity index (χ3n) is 4.21. The second-order valence-corrected chi connectivity index (χ2v) is 7.94. The zero-order chi connectivity index (χ0) is 22.2. The van der Waals surface area contributed by atoms with Crippen molar-refractivity contribution in [2.75, 3.05) is 4.31 Å². The number of nitro benzene ring substituents is 1. The van der Waals surface area contributed by atoms with Crippen LogP contribution in [0, 0.1) is 24.0 Å². The van der Waals surface area contributed by atoms with Gasteiger partial charge in [0.05, 0.1) is 21.3 Å². The number of rotatable bonds is 5. The van der Waals surface area contributed by atoms with Crippen molar-refractivity contribution in [3.05, 3.63) is 79.8 Å². The smallest absolute Gasteiger partial charge is 0.292 e. The monoisotopic (exact) mass is 468 g/mol. The minimum atomic E-state index is -3.29. The van der Waals surface area contributed by atoms with Gasteiger partial charge < -0.3 is 4.57 Å². The van der Waals surface area contributed by atoms with Gasteiger partial charge >= 0.3 is 0 Å². The molecule has 0 aliphatic carbocycles. The lowest BCUT2D eigenvalue weighted by atomic mass is 10.2. The Balaban J connectivity index is 2.07. The normalized spacial score (nSPS) is 11.0. The number of anilines is 1. The second-order valence-electron chi connectivity index (χ2n) is 6.25. The van der Waals surface area contributed by atoms with Crippen molar-refractivity contribution >= 4 is 51.4 Å². The molecule has 0 spiro atoms. The van der Waals surface area contributed by atoms with E-state index in [1.807, 2.05) is 6.92 Å². The zero-order valence-corrected chi connectivity index (χ0v) is 18.0. The summed E-state index contributed by atoms with van der Waals surface area (Å²) >= 11 is 12.0. The van der Waals surface area contributed by atoms with Crippen molar-refractivity contribution in [1.82, 2.24) is 9.55 Å². The van der Waals surface area contributed by atoms with E-state index in [2.05, 4.69) is 4.98 Å². The number of aromatic nitrogens is 2. The summed E-state index contributed by atoms with van der Waals surface area (Å²) in [5, 5.41) is 11.1. The van der Waals surface area contributed by atoms with Gasteiger partial charge in [-0.15, -0.1) is 0 Å². The van der Waals surface area contributed by atoms with Crippen LogP contribution < -0.4 is 4.31 Å². The molecule has 0 radical (unpaired) electrons. The standard InChI is InChI=1S/C18H14Cl2N4O5S/c1-10-3-5-12(6-4-10)23(30(28)29)18(25)15-9-22(11(2)21-15)16-8-17(24(26)27)14(20)7-13(16)19/h3-9,30H,1-2H3. The fraction of sp³-hybridized carbons (Fsp3) is 0.111. The van der Waals surface area contributed by atoms with Crippen molar-refractivity contribution in [2.45, 2.75) is 13.8 Å². The van der Waals surface area contributed by atoms with Crippen molar-refractivity contribution in [2.24, 2.45) is 0 Å². The van der Waals surface area contributed by atoms with E-state index in [-0.39, 0.29) is 38.6 Å². The highest BCUT2D eigenvalue weighted by Gasteiger charge is 2.25. The molecule has 0 N–H and O–H groups in total. The van der Waals surface area contributed by atoms with E-state index >= 15 is 0 Å². The number of nitrogens with zero attached hydrogens (tertiary/aromatic N) is 4. The van der Waals surface area contributed by atoms with Crippen molar-refractivity contribution < 1.29 is 18.1 Å². The van der Waals surface area contributed by atoms with E-state index in [0.717, 1.165) is 11.6 Å². The number of thiol groups is 1. The third kappa shape index (κ3) is 4.16. The third-order valence-corrected chi connectivity index (χ3v) is 5.55. The first-order chi connectivity index (χ1) is 14.1. The Hall–Kier alpha value is -2.95. The predicted molar refractivity (Wildman–Crippen MR) is 113 cm³/mol. The summed E-state index contributed by atoms with van der Waals surface area (Å²) in [7, 11) is -3.29. The van der Waals surface area contributed by atoms with Crippen LogP contribution in [0.15, 0.2) is 42.6 Å². The van der Waals surface area contributed by atoms with Crippen LogP contribution in [0.2, 0.25) is 10.0 Å². The topological polar surface area (TPSA) is 115 Å². The first-order valence-electron chi connectivity index (χ1n) is 8.35. The lowest BCUT2D eigenvalue weighted by molar-refractivity contribution is -0.384. The summed E-state index contributed by atoms with van der Waals surface area (Å²) in [5.41, 5.74) is 0.674. The first-order valence-corrected chi connectivity index (χ1v) is 10.2. The molecule has 1 heterocycles. The van der Waals surface area contributed by atoms with Crippen LogP contribution in [0.25, 0.3) is 5.69 Å². The molecule has 0 bridgehead atoms. The number of aryl methyl sites for hydroxylation is 2. The van der Waals surface area contributed by atoms with E-state index < -0.39 is 21.7 Å². The average Bonchev–Trinajstić information content (AvgIpc) is 3.04. The van der Waals surface area contributed by atoms with Gasteiger partial charge in [0.25, 0.3) is 11.6 Å². The van der Waals surface area contributed by atoms with E-state index in [0.29, 0.717) is 4.31 Å². The van der Waals surface area contributed by atoms with Gasteiger partial charge in [0, 0.05) is 12.3 Å². The van der Waals surface area contributed by atoms with Crippen LogP contribution in [-0.2, 0) is 10.9 Å². The Morgan fingerprint density at radius 2 is 1.77 bits per heavy atom. The number of benzene rings is 2. The number of carbonyl (C=O) groups excluding carboxylic acids is 1. The SMILES string of the molecule is Cc1ccc(N(C(=O)c2cn(-c3cc([N+](=O)[O-])c(Cl)cc3Cl)c(C)n2)[SH](=O)=O)cc1. The molecule has 0 unspecified atom stereocenters. The molecular formula is C18H14Cl2N4O5S. The Morgan fingerprint density at radius 3 is 2.33 bits per heavy atom. The summed E-state index contributed by atoms with van der Waals surface area (Å²) in [4.78, 5) is 27.5. The molecule has 0 aliphatic heterocycles. The first kappa shape index (κ1) is 21.8. The summed E-state index contributed by atoms with van der Waals surface area (Å²) in [5.74, 6) is -0.613. The minimum Gasteiger partial charge on any atom is -0.301 e. The van der Waals surface area contributed by atoms with Gasteiger partial charge in [-0.25, -0.2) is 17.7 Å². The molecule has 9 nitrogen and oxygen atoms in total. The number of halogens is 2. The molecule has 3 rings (SSSR count). The predicted octanol–water partition coefficient (Wildman–Crippen LogP) is 3.88. The summed E-state index contributed by atoms with van der Waals surface area (Å²) < 4.78 is 25.5. The molecule has 156 valence electrons. The molecular weight excluding hydrogens is 455 g/mol. The van der Waals surface area contributed by atoms with Crippen molar-refractivity contribution in [3.63, 3.8) is 0 Å². The highest BCUT2D eigenvalue weighted by molar-refractivity contribution is 7.75. The maximum atomic E-state index is 12.9. The summed E-state index contributed by atoms with van der Waals surface area (Å²) in [6.45, 7) is 3.37. The Bertz CT molecular complexity index is 1230. The Kier molecular flexibility index (Phi) is 6.11. The van der Waals surface area contributed by atoms with Gasteiger partial charge in [0.1, 0.15) is 16.5 Å². The molecule has 0 saturated carbocycles. The maximum Gasteiger partial charge on any atom is 0.292 e. The summed E-state index contributed by atoms with van der Waals surface area (Å²) in [6.07, 6.45) is 1.26. The lowest BCUT2D eigenvalue weighted by Gasteiger charge is -2.14. The number of hydrogen-bond acceptors (Lipinski definition) is 6. The summed E-state index contributed by atoms with van der Waals surface area (Å²) in [6, 6.07) is 8.71. The highest BCUT2D eigenvalue weighted by atomic mass is 35.5. The molecule has 1 aromatic heterocycles. The Labute approximate surface area is 182 Å². The molecule has 1 amide bonds. The van der Waals surface area contributed by atoms with Crippen LogP contribution in [0.5, 0.6) is 0 Å². The number of carbonyl (C=O) groups is 1. The van der Waals surface area contributed by atoms with Gasteiger partial charge in [0.15, 0.2) is 0 Å². The minimum absolute atomic E-state index is 0.0930. The zero-order valence-electron chi connectivity index (χ0n) is 15.6. The lowest BCUT2D eigenvalue weighted by Crippen LogP contribution is -2.29. The van der Waals surface area contributed by atoms with E-state index in [1.165, 1.54) is 29.0 Å². The number of hydrogen-bond donors (Lipinski definition) is 1. The molecule has 0 atom stereocenters. The van der Waals surface area contributed by atoms with Crippen LogP contribution in [-0.4, -0.2) is 28.8 Å². The Morgan fingerprint density at radius 1 is 1.13 bits per heavy atom. The number of nitro groups is 1. The fourth-order valence-electron chi connectivity index (χ4n) is 2.75. The van der Waals surface area contributed by atoms with Crippen LogP contribution in [0.1, 0.15) is 21.9 Å². The molecule has 3 aromatic rings. The van der Waals surface area contributed by atoms with Gasteiger partial charge in [-0.1, -0.05) is 40.9 Å². The van der Waals surface area contributed by atoms with Crippen molar-refractivity contribution in [1.29, 1.82) is 0 Å². The van der Waals surface area contributed by atoms with Crippen LogP contribution in [0.4, 0.5) is 11.4 Å². The average molecular weight is 469 g/mol. The molecule has 12 heteroatoms. The van der Waals surface area contributed by atoms with Crippen LogP contribution >= 0.6 is 23.2 Å². The molecule has 2 aromatic carbocycles. The van der Waals surface area contributed by atoms with Gasteiger partial charge in [0.2, 0.25) is 10.9 Å². The van der Waals surface area contributed by atoms with Gasteiger partial charge in [-0.3, -0.25) is 14.9 Å². The fourth-order valence-corrected chi connectivity index (χ4v) is 3.87. The molecule has 0 aliphatic rings. The molecule has 0 saturated heterocycles. The maximum absolute atomic E-state index is 12.9. The van der Waals surface area contributed by atoms with Gasteiger partial charge in [-0.05, 0) is 32.0 Å². The van der Waals surface area contributed by atoms with E-state index in [4.69, 9.17) is 23.2 Å². The van der Waals surface area contributed by atoms with Crippen molar-refractivity contribution in [3.8, 4) is 5.69 Å². The van der Waals surface area contributed by atoms with E-state index in [9.17, 15) is 23.3 Å². The van der Waals surface area contributed by atoms with E-state index in [1.54, 1.807) is 19.1 Å².